The summed E-state index contributed by atoms with van der Waals surface area (Å²) in [6, 6.07) is 0. The van der Waals surface area contributed by atoms with Crippen LogP contribution < -0.4 is 5.73 Å². The number of aromatic hydroxyl groups is 2. The zero-order valence-electron chi connectivity index (χ0n) is 6.56. The van der Waals surface area contributed by atoms with E-state index in [2.05, 4.69) is 4.98 Å². The molecule has 13 heavy (non-hydrogen) atoms. The molecule has 0 atom stereocenters. The van der Waals surface area contributed by atoms with Gasteiger partial charge in [0.15, 0.2) is 11.4 Å². The molecule has 5 N–H and O–H groups in total. The molecule has 0 saturated heterocycles. The van der Waals surface area contributed by atoms with Gasteiger partial charge in [-0.3, -0.25) is 4.79 Å². The van der Waals surface area contributed by atoms with Crippen molar-refractivity contribution < 1.29 is 20.1 Å². The minimum Gasteiger partial charge on any atom is -0.506 e. The highest BCUT2D eigenvalue weighted by molar-refractivity contribution is 5.94. The largest absolute Gasteiger partial charge is 0.506 e. The van der Waals surface area contributed by atoms with Crippen LogP contribution in [0.2, 0.25) is 0 Å². The van der Waals surface area contributed by atoms with Gasteiger partial charge in [0, 0.05) is 0 Å². The number of primary amides is 1. The highest BCUT2D eigenvalue weighted by atomic mass is 16.3. The first-order valence-corrected chi connectivity index (χ1v) is 3.38. The SMILES string of the molecule is NC(=O)c1ncc(O)c(CO)c1O. The van der Waals surface area contributed by atoms with E-state index in [0.29, 0.717) is 0 Å². The van der Waals surface area contributed by atoms with Gasteiger partial charge in [0.05, 0.1) is 18.4 Å². The molecule has 1 amide bonds. The van der Waals surface area contributed by atoms with Gasteiger partial charge in [0.25, 0.3) is 5.91 Å². The topological polar surface area (TPSA) is 117 Å². The van der Waals surface area contributed by atoms with Crippen molar-refractivity contribution >= 4 is 5.91 Å². The smallest absolute Gasteiger partial charge is 0.271 e. The number of nitrogens with zero attached hydrogens (tertiary/aromatic N) is 1. The van der Waals surface area contributed by atoms with Crippen molar-refractivity contribution in [3.63, 3.8) is 0 Å². The molecular formula is C7H8N2O4. The lowest BCUT2D eigenvalue weighted by atomic mass is 10.2. The fourth-order valence-electron chi connectivity index (χ4n) is 0.865. The predicted molar refractivity (Wildman–Crippen MR) is 42.0 cm³/mol. The monoisotopic (exact) mass is 184 g/mol. The van der Waals surface area contributed by atoms with Gasteiger partial charge in [-0.25, -0.2) is 4.98 Å². The number of carbonyl (C=O) groups is 1. The Morgan fingerprint density at radius 2 is 2.15 bits per heavy atom. The van der Waals surface area contributed by atoms with Gasteiger partial charge < -0.3 is 21.1 Å². The quantitative estimate of drug-likeness (QED) is 0.474. The van der Waals surface area contributed by atoms with E-state index < -0.39 is 18.3 Å². The second-order valence-corrected chi connectivity index (χ2v) is 2.34. The first-order valence-electron chi connectivity index (χ1n) is 3.38. The normalized spacial score (nSPS) is 9.92. The summed E-state index contributed by atoms with van der Waals surface area (Å²) >= 11 is 0. The Labute approximate surface area is 73.3 Å². The van der Waals surface area contributed by atoms with Crippen LogP contribution in [0, 0.1) is 0 Å². The summed E-state index contributed by atoms with van der Waals surface area (Å²) in [5.41, 5.74) is 4.33. The van der Waals surface area contributed by atoms with Crippen LogP contribution in [0.15, 0.2) is 6.20 Å². The Bertz CT molecular complexity index is 351. The van der Waals surface area contributed by atoms with Gasteiger partial charge in [-0.05, 0) is 0 Å². The molecule has 0 radical (unpaired) electrons. The molecule has 0 aliphatic carbocycles. The Hall–Kier alpha value is -1.82. The van der Waals surface area contributed by atoms with Crippen molar-refractivity contribution in [1.29, 1.82) is 0 Å². The molecule has 0 fully saturated rings. The molecule has 0 unspecified atom stereocenters. The molecule has 1 rings (SSSR count). The second-order valence-electron chi connectivity index (χ2n) is 2.34. The molecular weight excluding hydrogens is 176 g/mol. The van der Waals surface area contributed by atoms with Crippen molar-refractivity contribution in [2.24, 2.45) is 5.73 Å². The molecule has 0 spiro atoms. The summed E-state index contributed by atoms with van der Waals surface area (Å²) in [7, 11) is 0. The van der Waals surface area contributed by atoms with E-state index in [1.54, 1.807) is 0 Å². The number of hydrogen-bond acceptors (Lipinski definition) is 5. The van der Waals surface area contributed by atoms with Gasteiger partial charge in [-0.15, -0.1) is 0 Å². The molecule has 0 saturated carbocycles. The molecule has 70 valence electrons. The van der Waals surface area contributed by atoms with Crippen LogP contribution in [0.4, 0.5) is 0 Å². The zero-order valence-corrected chi connectivity index (χ0v) is 6.56. The fraction of sp³-hybridized carbons (Fsp3) is 0.143. The third-order valence-corrected chi connectivity index (χ3v) is 1.53. The van der Waals surface area contributed by atoms with Crippen molar-refractivity contribution in [2.75, 3.05) is 0 Å². The zero-order chi connectivity index (χ0) is 10.0. The predicted octanol–water partition coefficient (Wildman–Crippen LogP) is -0.916. The minimum absolute atomic E-state index is 0.163. The summed E-state index contributed by atoms with van der Waals surface area (Å²) in [5, 5.41) is 27.0. The molecule has 0 aliphatic heterocycles. The summed E-state index contributed by atoms with van der Waals surface area (Å²) in [5.74, 6) is -1.90. The number of aromatic nitrogens is 1. The number of nitrogens with two attached hydrogens (primary N) is 1. The average Bonchev–Trinajstić information content (AvgIpc) is 2.04. The molecule has 0 bridgehead atoms. The third kappa shape index (κ3) is 1.52. The highest BCUT2D eigenvalue weighted by Crippen LogP contribution is 2.27. The molecule has 1 heterocycles. The number of rotatable bonds is 2. The molecule has 1 aromatic heterocycles. The van der Waals surface area contributed by atoms with E-state index in [4.69, 9.17) is 15.9 Å². The lowest BCUT2D eigenvalue weighted by Gasteiger charge is -2.05. The second kappa shape index (κ2) is 3.28. The number of amides is 1. The summed E-state index contributed by atoms with van der Waals surface area (Å²) in [4.78, 5) is 14.0. The van der Waals surface area contributed by atoms with Gasteiger partial charge in [-0.2, -0.15) is 0 Å². The van der Waals surface area contributed by atoms with Crippen LogP contribution in [0.1, 0.15) is 16.1 Å². The number of carbonyl (C=O) groups excluding carboxylic acids is 1. The van der Waals surface area contributed by atoms with Crippen LogP contribution in [-0.4, -0.2) is 26.2 Å². The van der Waals surface area contributed by atoms with Crippen molar-refractivity contribution in [2.45, 2.75) is 6.61 Å². The highest BCUT2D eigenvalue weighted by Gasteiger charge is 2.16. The lowest BCUT2D eigenvalue weighted by Crippen LogP contribution is -2.13. The van der Waals surface area contributed by atoms with Crippen LogP contribution >= 0.6 is 0 Å². The maximum absolute atomic E-state index is 10.6. The molecule has 0 aromatic carbocycles. The number of hydrogen-bond donors (Lipinski definition) is 4. The van der Waals surface area contributed by atoms with Crippen molar-refractivity contribution in [3.05, 3.63) is 17.5 Å². The van der Waals surface area contributed by atoms with E-state index >= 15 is 0 Å². The van der Waals surface area contributed by atoms with Gasteiger partial charge in [0.2, 0.25) is 0 Å². The van der Waals surface area contributed by atoms with Crippen LogP contribution in [0.25, 0.3) is 0 Å². The first-order chi connectivity index (χ1) is 6.07. The van der Waals surface area contributed by atoms with Gasteiger partial charge in [-0.1, -0.05) is 0 Å². The van der Waals surface area contributed by atoms with E-state index in [1.165, 1.54) is 0 Å². The van der Waals surface area contributed by atoms with E-state index in [1.807, 2.05) is 0 Å². The molecule has 6 heteroatoms. The standard InChI is InChI=1S/C7H8N2O4/c8-7(13)5-6(12)3(2-10)4(11)1-9-5/h1,10-12H,2H2,(H2,8,13). The molecule has 0 aliphatic rings. The third-order valence-electron chi connectivity index (χ3n) is 1.53. The van der Waals surface area contributed by atoms with Crippen LogP contribution in [0.3, 0.4) is 0 Å². The fourth-order valence-corrected chi connectivity index (χ4v) is 0.865. The number of aliphatic hydroxyl groups is 1. The Morgan fingerprint density at radius 3 is 2.62 bits per heavy atom. The Morgan fingerprint density at radius 1 is 1.54 bits per heavy atom. The Kier molecular flexibility index (Phi) is 2.34. The Balaban J connectivity index is 3.35. The number of pyridine rings is 1. The van der Waals surface area contributed by atoms with Crippen molar-refractivity contribution in [1.82, 2.24) is 4.98 Å². The first kappa shape index (κ1) is 9.27. The minimum atomic E-state index is -0.924. The average molecular weight is 184 g/mol. The van der Waals surface area contributed by atoms with Gasteiger partial charge >= 0.3 is 0 Å². The van der Waals surface area contributed by atoms with E-state index in [9.17, 15) is 9.90 Å². The molecule has 6 nitrogen and oxygen atoms in total. The summed E-state index contributed by atoms with van der Waals surface area (Å²) in [6.07, 6.45) is 0.936. The van der Waals surface area contributed by atoms with Crippen molar-refractivity contribution in [3.8, 4) is 11.5 Å². The van der Waals surface area contributed by atoms with Gasteiger partial charge in [0.1, 0.15) is 5.75 Å². The summed E-state index contributed by atoms with van der Waals surface area (Å²) < 4.78 is 0. The van der Waals surface area contributed by atoms with E-state index in [0.717, 1.165) is 6.20 Å². The maximum Gasteiger partial charge on any atom is 0.271 e. The molecule has 1 aromatic rings. The lowest BCUT2D eigenvalue weighted by molar-refractivity contribution is 0.0992. The summed E-state index contributed by atoms with van der Waals surface area (Å²) in [6.45, 7) is -0.597. The van der Waals surface area contributed by atoms with Crippen LogP contribution in [-0.2, 0) is 6.61 Å². The van der Waals surface area contributed by atoms with Crippen LogP contribution in [0.5, 0.6) is 11.5 Å². The van der Waals surface area contributed by atoms with E-state index in [-0.39, 0.29) is 17.0 Å². The maximum atomic E-state index is 10.6. The number of aliphatic hydroxyl groups excluding tert-OH is 1.